The number of nitrogens with zero attached hydrogens (tertiary/aromatic N) is 4. The Hall–Kier alpha value is -9.38. The molecule has 2 heterocycles. The number of benzene rings is 13. The molecule has 13 aromatic carbocycles. The minimum absolute atomic E-state index is 1.10. The predicted molar refractivity (Wildman–Crippen MR) is 297 cm³/mol. The molecule has 0 N–H and O–H groups in total. The van der Waals surface area contributed by atoms with Gasteiger partial charge in [0.1, 0.15) is 0 Å². The van der Waals surface area contributed by atoms with Crippen molar-refractivity contribution < 1.29 is 0 Å². The lowest BCUT2D eigenvalue weighted by Gasteiger charge is -2.28. The fourth-order valence-corrected chi connectivity index (χ4v) is 11.8. The maximum Gasteiger partial charge on any atom is 0.0548 e. The van der Waals surface area contributed by atoms with Gasteiger partial charge in [0, 0.05) is 66.4 Å². The second-order valence-electron chi connectivity index (χ2n) is 18.5. The van der Waals surface area contributed by atoms with Crippen LogP contribution in [0.2, 0.25) is 0 Å². The van der Waals surface area contributed by atoms with Crippen LogP contribution in [0.5, 0.6) is 0 Å². The van der Waals surface area contributed by atoms with Crippen LogP contribution in [0.3, 0.4) is 0 Å². The average Bonchev–Trinajstić information content (AvgIpc) is 3.96. The Kier molecular flexibility index (Phi) is 8.33. The largest absolute Gasteiger partial charge is 0.310 e. The van der Waals surface area contributed by atoms with E-state index in [1.807, 2.05) is 0 Å². The molecule has 0 radical (unpaired) electrons. The molecule has 4 nitrogen and oxygen atoms in total. The molecule has 0 bridgehead atoms. The standard InChI is InChI=1S/C66H42N4/c1-5-17-47(18-6-1)67(57-37-39-61-65-53(57)35-31-45-15-13-25-59(63(45)65)69(61)49-21-9-3-10-22-49)51-33-29-43-27-28-44-30-34-52(42-56(44)55(43)41-51)68(48-19-7-2-8-20-48)58-38-40-62-66-54(58)36-32-46-16-14-26-60(64(46)66)70(62)50-23-11-4-12-24-50/h1-42H. The van der Waals surface area contributed by atoms with Crippen LogP contribution in [0.4, 0.5) is 34.1 Å². The smallest absolute Gasteiger partial charge is 0.0548 e. The van der Waals surface area contributed by atoms with Gasteiger partial charge >= 0.3 is 0 Å². The SMILES string of the molecule is c1ccc(N(c2ccc3ccc4ccc(N(c5ccccc5)c5ccc6c7c5ccc5cccc(c57)n6-c5ccccc5)cc4c3c2)c2ccc3c4c2ccc2cccc(c24)n3-c2ccccc2)cc1. The van der Waals surface area contributed by atoms with Gasteiger partial charge in [0.2, 0.25) is 0 Å². The van der Waals surface area contributed by atoms with Crippen LogP contribution in [0.1, 0.15) is 0 Å². The van der Waals surface area contributed by atoms with Crippen LogP contribution < -0.4 is 9.80 Å². The molecule has 0 amide bonds. The maximum absolute atomic E-state index is 2.45. The summed E-state index contributed by atoms with van der Waals surface area (Å²) >= 11 is 0. The summed E-state index contributed by atoms with van der Waals surface area (Å²) < 4.78 is 4.84. The van der Waals surface area contributed by atoms with Gasteiger partial charge in [-0.2, -0.15) is 0 Å². The quantitative estimate of drug-likeness (QED) is 0.141. The van der Waals surface area contributed by atoms with Gasteiger partial charge in [-0.3, -0.25) is 0 Å². The Morgan fingerprint density at radius 3 is 1.03 bits per heavy atom. The van der Waals surface area contributed by atoms with Gasteiger partial charge in [0.05, 0.1) is 33.4 Å². The van der Waals surface area contributed by atoms with E-state index in [0.717, 1.165) is 45.5 Å². The molecule has 15 rings (SSSR count). The van der Waals surface area contributed by atoms with Crippen LogP contribution in [0, 0.1) is 0 Å². The molecule has 15 aromatic rings. The van der Waals surface area contributed by atoms with Gasteiger partial charge in [0.25, 0.3) is 0 Å². The number of anilines is 6. The Balaban J connectivity index is 0.938. The van der Waals surface area contributed by atoms with Crippen molar-refractivity contribution in [2.45, 2.75) is 0 Å². The van der Waals surface area contributed by atoms with E-state index >= 15 is 0 Å². The van der Waals surface area contributed by atoms with Crippen molar-refractivity contribution in [3.63, 3.8) is 0 Å². The molecular weight excluding hydrogens is 849 g/mol. The van der Waals surface area contributed by atoms with Crippen LogP contribution in [-0.4, -0.2) is 9.13 Å². The lowest BCUT2D eigenvalue weighted by atomic mass is 9.98. The monoisotopic (exact) mass is 890 g/mol. The van der Waals surface area contributed by atoms with Crippen molar-refractivity contribution in [1.82, 2.24) is 9.13 Å². The van der Waals surface area contributed by atoms with Crippen molar-refractivity contribution in [2.24, 2.45) is 0 Å². The first kappa shape index (κ1) is 38.7. The zero-order valence-electron chi connectivity index (χ0n) is 38.0. The van der Waals surface area contributed by atoms with Crippen molar-refractivity contribution in [3.8, 4) is 11.4 Å². The van der Waals surface area contributed by atoms with Gasteiger partial charge in [0.15, 0.2) is 0 Å². The van der Waals surface area contributed by atoms with E-state index in [1.54, 1.807) is 0 Å². The van der Waals surface area contributed by atoms with Crippen LogP contribution >= 0.6 is 0 Å². The van der Waals surface area contributed by atoms with E-state index in [-0.39, 0.29) is 0 Å². The van der Waals surface area contributed by atoms with Gasteiger partial charge in [-0.25, -0.2) is 0 Å². The fourth-order valence-electron chi connectivity index (χ4n) is 11.8. The lowest BCUT2D eigenvalue weighted by molar-refractivity contribution is 1.18. The Labute approximate surface area is 404 Å². The second-order valence-corrected chi connectivity index (χ2v) is 18.5. The highest BCUT2D eigenvalue weighted by atomic mass is 15.2. The molecule has 0 saturated heterocycles. The Bertz CT molecular complexity index is 4170. The lowest BCUT2D eigenvalue weighted by Crippen LogP contribution is -2.11. The maximum atomic E-state index is 2.45. The summed E-state index contributed by atoms with van der Waals surface area (Å²) in [5.74, 6) is 0. The Morgan fingerprint density at radius 1 is 0.229 bits per heavy atom. The van der Waals surface area contributed by atoms with Gasteiger partial charge in [-0.1, -0.05) is 146 Å². The highest BCUT2D eigenvalue weighted by Gasteiger charge is 2.25. The van der Waals surface area contributed by atoms with E-state index in [9.17, 15) is 0 Å². The minimum atomic E-state index is 1.10. The van der Waals surface area contributed by atoms with Crippen molar-refractivity contribution in [2.75, 3.05) is 9.80 Å². The molecule has 4 heteroatoms. The molecule has 0 fully saturated rings. The molecule has 0 unspecified atom stereocenters. The van der Waals surface area contributed by atoms with Crippen molar-refractivity contribution in [1.29, 1.82) is 0 Å². The Morgan fingerprint density at radius 2 is 0.600 bits per heavy atom. The third-order valence-electron chi connectivity index (χ3n) is 14.7. The van der Waals surface area contributed by atoms with Gasteiger partial charge in [-0.05, 0) is 142 Å². The summed E-state index contributed by atoms with van der Waals surface area (Å²) in [7, 11) is 0. The first-order valence-electron chi connectivity index (χ1n) is 24.1. The summed E-state index contributed by atoms with van der Waals surface area (Å²) in [5.41, 5.74) is 13.9. The van der Waals surface area contributed by atoms with E-state index in [4.69, 9.17) is 0 Å². The summed E-state index contributed by atoms with van der Waals surface area (Å²) in [4.78, 5) is 4.90. The first-order chi connectivity index (χ1) is 34.7. The number of para-hydroxylation sites is 4. The molecule has 0 aliphatic rings. The molecule has 326 valence electrons. The highest BCUT2D eigenvalue weighted by Crippen LogP contribution is 2.49. The third kappa shape index (κ3) is 5.65. The van der Waals surface area contributed by atoms with Crippen molar-refractivity contribution >= 4 is 121 Å². The third-order valence-corrected chi connectivity index (χ3v) is 14.7. The molecule has 70 heavy (non-hydrogen) atoms. The van der Waals surface area contributed by atoms with Crippen molar-refractivity contribution in [3.05, 3.63) is 255 Å². The zero-order valence-corrected chi connectivity index (χ0v) is 38.0. The first-order valence-corrected chi connectivity index (χ1v) is 24.1. The number of hydrogen-bond donors (Lipinski definition) is 0. The normalized spacial score (nSPS) is 12.0. The molecule has 2 aromatic heterocycles. The van der Waals surface area contributed by atoms with E-state index in [0.29, 0.717) is 0 Å². The van der Waals surface area contributed by atoms with Crippen LogP contribution in [0.15, 0.2) is 255 Å². The topological polar surface area (TPSA) is 16.3 Å². The molecule has 0 aliphatic heterocycles. The summed E-state index contributed by atoms with van der Waals surface area (Å²) in [5, 5.41) is 14.9. The molecule has 0 atom stereocenters. The molecule has 0 spiro atoms. The van der Waals surface area contributed by atoms with Gasteiger partial charge in [-0.15, -0.1) is 0 Å². The number of aromatic nitrogens is 2. The van der Waals surface area contributed by atoms with Crippen LogP contribution in [0.25, 0.3) is 98.1 Å². The number of fused-ring (bicyclic) bond motifs is 3. The van der Waals surface area contributed by atoms with E-state index in [1.165, 1.54) is 86.7 Å². The molecule has 0 aliphatic carbocycles. The summed E-state index contributed by atoms with van der Waals surface area (Å²) in [6.07, 6.45) is 0. The zero-order chi connectivity index (χ0) is 45.9. The summed E-state index contributed by atoms with van der Waals surface area (Å²) in [6.45, 7) is 0. The van der Waals surface area contributed by atoms with Crippen LogP contribution in [-0.2, 0) is 0 Å². The highest BCUT2D eigenvalue weighted by molar-refractivity contribution is 6.28. The second kappa shape index (κ2) is 15.1. The number of hydrogen-bond acceptors (Lipinski definition) is 2. The molecule has 0 saturated carbocycles. The van der Waals surface area contributed by atoms with E-state index in [2.05, 4.69) is 274 Å². The predicted octanol–water partition coefficient (Wildman–Crippen LogP) is 18.3. The molecular formula is C66H42N4. The average molecular weight is 891 g/mol. The van der Waals surface area contributed by atoms with E-state index < -0.39 is 0 Å². The van der Waals surface area contributed by atoms with Gasteiger partial charge < -0.3 is 18.9 Å². The number of rotatable bonds is 8. The summed E-state index contributed by atoms with van der Waals surface area (Å²) in [6, 6.07) is 93.6. The minimum Gasteiger partial charge on any atom is -0.310 e. The fraction of sp³-hybridized carbons (Fsp3) is 0.